The molecule has 0 aliphatic carbocycles. The molecule has 1 heterocycles. The van der Waals surface area contributed by atoms with Crippen LogP contribution in [0.1, 0.15) is 20.1 Å². The summed E-state index contributed by atoms with van der Waals surface area (Å²) < 4.78 is 21.9. The van der Waals surface area contributed by atoms with E-state index >= 15 is 0 Å². The van der Waals surface area contributed by atoms with Crippen LogP contribution in [0.3, 0.4) is 0 Å². The van der Waals surface area contributed by atoms with Crippen LogP contribution in [0.5, 0.6) is 0 Å². The van der Waals surface area contributed by atoms with Crippen molar-refractivity contribution in [1.29, 1.82) is 0 Å². The summed E-state index contributed by atoms with van der Waals surface area (Å²) in [4.78, 5) is 13.0. The molecule has 0 aromatic carbocycles. The molecule has 0 bridgehead atoms. The fourth-order valence-electron chi connectivity index (χ4n) is 1.24. The number of nitrogens with two attached hydrogens (primary N) is 1. The molecule has 5 nitrogen and oxygen atoms in total. The summed E-state index contributed by atoms with van der Waals surface area (Å²) in [6.45, 7) is 1.93. The van der Waals surface area contributed by atoms with E-state index in [1.165, 1.54) is 17.6 Å². The van der Waals surface area contributed by atoms with Gasteiger partial charge in [-0.1, -0.05) is 0 Å². The van der Waals surface area contributed by atoms with Crippen LogP contribution in [0.2, 0.25) is 0 Å². The van der Waals surface area contributed by atoms with E-state index in [9.17, 15) is 13.2 Å². The molecule has 0 unspecified atom stereocenters. The number of rotatable bonds is 6. The highest BCUT2D eigenvalue weighted by Gasteiger charge is 2.11. The van der Waals surface area contributed by atoms with Gasteiger partial charge < -0.3 is 0 Å². The first-order valence-corrected chi connectivity index (χ1v) is 9.22. The SMILES string of the molecule is Cc1sc(C(=O)NN)cc1CSCCS(C)(=O)=O. The summed E-state index contributed by atoms with van der Waals surface area (Å²) in [5.41, 5.74) is 3.15. The number of nitrogen functional groups attached to an aromatic ring is 1. The van der Waals surface area contributed by atoms with Gasteiger partial charge in [-0.25, -0.2) is 14.3 Å². The van der Waals surface area contributed by atoms with Crippen molar-refractivity contribution in [3.05, 3.63) is 21.4 Å². The van der Waals surface area contributed by atoms with E-state index < -0.39 is 9.84 Å². The number of thioether (sulfide) groups is 1. The Morgan fingerprint density at radius 3 is 2.78 bits per heavy atom. The molecular formula is C10H16N2O3S3. The van der Waals surface area contributed by atoms with Gasteiger partial charge in [-0.15, -0.1) is 11.3 Å². The van der Waals surface area contributed by atoms with Gasteiger partial charge in [0.25, 0.3) is 5.91 Å². The molecule has 1 aromatic rings. The second-order valence-corrected chi connectivity index (χ2v) is 8.47. The summed E-state index contributed by atoms with van der Waals surface area (Å²) in [5, 5.41) is 0. The fourth-order valence-corrected chi connectivity index (χ4v) is 4.62. The minimum absolute atomic E-state index is 0.178. The number of sulfone groups is 1. The van der Waals surface area contributed by atoms with Gasteiger partial charge in [0.1, 0.15) is 9.84 Å². The summed E-state index contributed by atoms with van der Waals surface area (Å²) in [6, 6.07) is 1.80. The molecule has 0 saturated heterocycles. The number of nitrogens with one attached hydrogen (secondary N) is 1. The quantitative estimate of drug-likeness (QED) is 0.353. The van der Waals surface area contributed by atoms with Crippen LogP contribution in [0.25, 0.3) is 0 Å². The highest BCUT2D eigenvalue weighted by Crippen LogP contribution is 2.25. The van der Waals surface area contributed by atoms with Crippen molar-refractivity contribution in [3.8, 4) is 0 Å². The zero-order valence-electron chi connectivity index (χ0n) is 10.2. The van der Waals surface area contributed by atoms with Crippen molar-refractivity contribution in [1.82, 2.24) is 5.43 Å². The maximum Gasteiger partial charge on any atom is 0.275 e. The number of hydrogen-bond acceptors (Lipinski definition) is 6. The van der Waals surface area contributed by atoms with Crippen LogP contribution < -0.4 is 11.3 Å². The summed E-state index contributed by atoms with van der Waals surface area (Å²) in [5.74, 6) is 6.22. The molecule has 8 heteroatoms. The Balaban J connectivity index is 2.53. The summed E-state index contributed by atoms with van der Waals surface area (Å²) in [6.07, 6.45) is 1.23. The fraction of sp³-hybridized carbons (Fsp3) is 0.500. The number of hydrogen-bond donors (Lipinski definition) is 2. The zero-order valence-corrected chi connectivity index (χ0v) is 12.7. The van der Waals surface area contributed by atoms with Crippen molar-refractivity contribution in [3.63, 3.8) is 0 Å². The van der Waals surface area contributed by atoms with Crippen LogP contribution in [-0.4, -0.2) is 32.1 Å². The zero-order chi connectivity index (χ0) is 13.8. The summed E-state index contributed by atoms with van der Waals surface area (Å²) >= 11 is 2.93. The molecule has 0 spiro atoms. The second kappa shape index (κ2) is 6.55. The number of hydrazine groups is 1. The monoisotopic (exact) mass is 308 g/mol. The molecule has 0 aliphatic rings. The molecular weight excluding hydrogens is 292 g/mol. The molecule has 1 amide bonds. The maximum atomic E-state index is 11.3. The highest BCUT2D eigenvalue weighted by atomic mass is 32.2. The molecule has 0 radical (unpaired) electrons. The van der Waals surface area contributed by atoms with E-state index in [2.05, 4.69) is 5.43 Å². The van der Waals surface area contributed by atoms with Gasteiger partial charge in [0.2, 0.25) is 0 Å². The first-order chi connectivity index (χ1) is 8.33. The van der Waals surface area contributed by atoms with Crippen LogP contribution in [0.4, 0.5) is 0 Å². The normalized spacial score (nSPS) is 11.5. The minimum atomic E-state index is -2.90. The Morgan fingerprint density at radius 1 is 1.56 bits per heavy atom. The number of thiophene rings is 1. The Morgan fingerprint density at radius 2 is 2.22 bits per heavy atom. The van der Waals surface area contributed by atoms with Crippen molar-refractivity contribution in [2.75, 3.05) is 17.8 Å². The van der Waals surface area contributed by atoms with Crippen LogP contribution in [0.15, 0.2) is 6.07 Å². The Hall–Kier alpha value is -0.570. The van der Waals surface area contributed by atoms with Crippen LogP contribution >= 0.6 is 23.1 Å². The average molecular weight is 308 g/mol. The van der Waals surface area contributed by atoms with Crippen LogP contribution in [0, 0.1) is 6.92 Å². The number of amides is 1. The van der Waals surface area contributed by atoms with E-state index in [0.717, 1.165) is 10.4 Å². The topological polar surface area (TPSA) is 89.3 Å². The van der Waals surface area contributed by atoms with Gasteiger partial charge in [-0.05, 0) is 18.6 Å². The molecule has 0 fully saturated rings. The molecule has 3 N–H and O–H groups in total. The van der Waals surface area contributed by atoms with Crippen molar-refractivity contribution >= 4 is 38.8 Å². The molecule has 0 saturated carbocycles. The van der Waals surface area contributed by atoms with Crippen molar-refractivity contribution in [2.45, 2.75) is 12.7 Å². The Labute approximate surface area is 115 Å². The lowest BCUT2D eigenvalue weighted by atomic mass is 10.3. The molecule has 18 heavy (non-hydrogen) atoms. The first kappa shape index (κ1) is 15.5. The molecule has 0 atom stereocenters. The Bertz CT molecular complexity index is 522. The van der Waals surface area contributed by atoms with E-state index in [0.29, 0.717) is 16.4 Å². The largest absolute Gasteiger partial charge is 0.289 e. The Kier molecular flexibility index (Phi) is 5.64. The lowest BCUT2D eigenvalue weighted by Gasteiger charge is -2.00. The van der Waals surface area contributed by atoms with Gasteiger partial charge in [0.05, 0.1) is 10.6 Å². The summed E-state index contributed by atoms with van der Waals surface area (Å²) in [7, 11) is -2.90. The van der Waals surface area contributed by atoms with E-state index in [1.807, 2.05) is 6.92 Å². The van der Waals surface area contributed by atoms with Crippen molar-refractivity contribution < 1.29 is 13.2 Å². The molecule has 0 aliphatic heterocycles. The third-order valence-corrected chi connectivity index (χ3v) is 5.54. The number of carbonyl (C=O) groups excluding carboxylic acids is 1. The van der Waals surface area contributed by atoms with Gasteiger partial charge in [0, 0.05) is 22.6 Å². The third kappa shape index (κ3) is 4.97. The van der Waals surface area contributed by atoms with Crippen molar-refractivity contribution in [2.24, 2.45) is 5.84 Å². The average Bonchev–Trinajstić information content (AvgIpc) is 2.64. The van der Waals surface area contributed by atoms with E-state index in [-0.39, 0.29) is 11.7 Å². The standard InChI is InChI=1S/C10H16N2O3S3/c1-7-8(5-9(17-7)10(13)12-11)6-16-3-4-18(2,14)15/h5H,3-4,6,11H2,1-2H3,(H,12,13). The maximum absolute atomic E-state index is 11.3. The predicted molar refractivity (Wildman–Crippen MR) is 76.6 cm³/mol. The van der Waals surface area contributed by atoms with Gasteiger partial charge >= 0.3 is 0 Å². The number of aryl methyl sites for hydroxylation is 1. The van der Waals surface area contributed by atoms with E-state index in [4.69, 9.17) is 5.84 Å². The minimum Gasteiger partial charge on any atom is -0.289 e. The van der Waals surface area contributed by atoms with Gasteiger partial charge in [-0.3, -0.25) is 10.2 Å². The molecule has 1 aromatic heterocycles. The lowest BCUT2D eigenvalue weighted by molar-refractivity contribution is 0.0957. The third-order valence-electron chi connectivity index (χ3n) is 2.23. The molecule has 102 valence electrons. The lowest BCUT2D eigenvalue weighted by Crippen LogP contribution is -2.29. The van der Waals surface area contributed by atoms with Gasteiger partial charge in [0.15, 0.2) is 0 Å². The van der Waals surface area contributed by atoms with Crippen LogP contribution in [-0.2, 0) is 15.6 Å². The first-order valence-electron chi connectivity index (χ1n) is 5.19. The van der Waals surface area contributed by atoms with Gasteiger partial charge in [-0.2, -0.15) is 11.8 Å². The second-order valence-electron chi connectivity index (χ2n) is 3.85. The predicted octanol–water partition coefficient (Wildman–Crippen LogP) is 0.938. The number of carbonyl (C=O) groups is 1. The van der Waals surface area contributed by atoms with E-state index in [1.54, 1.807) is 17.8 Å². The highest BCUT2D eigenvalue weighted by molar-refractivity contribution is 7.99. The smallest absolute Gasteiger partial charge is 0.275 e. The molecule has 1 rings (SSSR count).